The van der Waals surface area contributed by atoms with Crippen LogP contribution in [0.5, 0.6) is 11.5 Å². The maximum atomic E-state index is 12.6. The number of sulfonamides is 1. The van der Waals surface area contributed by atoms with Crippen LogP contribution in [0.2, 0.25) is 0 Å². The minimum Gasteiger partial charge on any atom is -0.486 e. The smallest absolute Gasteiger partial charge is 0.241 e. The average Bonchev–Trinajstić information content (AvgIpc) is 2.61. The van der Waals surface area contributed by atoms with Gasteiger partial charge in [0.1, 0.15) is 13.2 Å². The summed E-state index contributed by atoms with van der Waals surface area (Å²) in [7, 11) is -3.59. The molecule has 1 heterocycles. The van der Waals surface area contributed by atoms with Gasteiger partial charge in [0.2, 0.25) is 10.0 Å². The molecule has 134 valence electrons. The second kappa shape index (κ2) is 7.06. The third-order valence-corrected chi connectivity index (χ3v) is 5.81. The number of nitrogens with one attached hydrogen (secondary N) is 1. The molecule has 6 heteroatoms. The summed E-state index contributed by atoms with van der Waals surface area (Å²) in [5.74, 6) is 1.70. The first-order valence-corrected chi connectivity index (χ1v) is 9.87. The number of benzene rings is 2. The van der Waals surface area contributed by atoms with Gasteiger partial charge in [-0.1, -0.05) is 32.0 Å². The molecule has 1 unspecified atom stereocenters. The quantitative estimate of drug-likeness (QED) is 0.883. The van der Waals surface area contributed by atoms with Crippen molar-refractivity contribution in [2.24, 2.45) is 0 Å². The minimum atomic E-state index is -3.59. The lowest BCUT2D eigenvalue weighted by molar-refractivity contribution is 0.171. The predicted molar refractivity (Wildman–Crippen MR) is 96.7 cm³/mol. The summed E-state index contributed by atoms with van der Waals surface area (Å²) in [6.07, 6.45) is 0. The molecule has 0 spiro atoms. The summed E-state index contributed by atoms with van der Waals surface area (Å²) >= 11 is 0. The number of hydrogen-bond acceptors (Lipinski definition) is 4. The summed E-state index contributed by atoms with van der Waals surface area (Å²) in [5, 5.41) is 0. The van der Waals surface area contributed by atoms with Crippen LogP contribution in [0, 0.1) is 0 Å². The van der Waals surface area contributed by atoms with E-state index in [-0.39, 0.29) is 10.9 Å². The molecule has 1 atom stereocenters. The molecular formula is C19H23NO4S. The van der Waals surface area contributed by atoms with Gasteiger partial charge >= 0.3 is 0 Å². The Hall–Kier alpha value is -2.05. The van der Waals surface area contributed by atoms with E-state index in [1.54, 1.807) is 12.1 Å². The second-order valence-corrected chi connectivity index (χ2v) is 8.18. The van der Waals surface area contributed by atoms with Gasteiger partial charge in [0.15, 0.2) is 11.5 Å². The summed E-state index contributed by atoms with van der Waals surface area (Å²) in [5.41, 5.74) is 1.94. The molecule has 3 rings (SSSR count). The zero-order valence-electron chi connectivity index (χ0n) is 14.7. The fraction of sp³-hybridized carbons (Fsp3) is 0.368. The van der Waals surface area contributed by atoms with Crippen molar-refractivity contribution in [3.8, 4) is 11.5 Å². The lowest BCUT2D eigenvalue weighted by Gasteiger charge is -2.21. The van der Waals surface area contributed by atoms with Crippen molar-refractivity contribution in [2.75, 3.05) is 13.2 Å². The van der Waals surface area contributed by atoms with Crippen LogP contribution in [0.3, 0.4) is 0 Å². The first kappa shape index (κ1) is 17.8. The van der Waals surface area contributed by atoms with Crippen molar-refractivity contribution in [1.29, 1.82) is 0 Å². The van der Waals surface area contributed by atoms with Crippen molar-refractivity contribution in [3.63, 3.8) is 0 Å². The summed E-state index contributed by atoms with van der Waals surface area (Å²) < 4.78 is 39.0. The van der Waals surface area contributed by atoms with E-state index in [9.17, 15) is 8.42 Å². The number of ether oxygens (including phenoxy) is 2. The van der Waals surface area contributed by atoms with Crippen LogP contribution in [0.4, 0.5) is 0 Å². The monoisotopic (exact) mass is 361 g/mol. The molecule has 0 fully saturated rings. The highest BCUT2D eigenvalue weighted by molar-refractivity contribution is 7.89. The third kappa shape index (κ3) is 3.96. The summed E-state index contributed by atoms with van der Waals surface area (Å²) in [6.45, 7) is 6.99. The molecule has 0 aromatic heterocycles. The molecule has 1 aliphatic rings. The van der Waals surface area contributed by atoms with Crippen LogP contribution >= 0.6 is 0 Å². The molecule has 0 saturated heterocycles. The zero-order valence-corrected chi connectivity index (χ0v) is 15.5. The van der Waals surface area contributed by atoms with E-state index in [1.807, 2.05) is 37.3 Å². The van der Waals surface area contributed by atoms with Crippen molar-refractivity contribution >= 4 is 10.0 Å². The molecule has 0 radical (unpaired) electrons. The Kier molecular flexibility index (Phi) is 5.01. The molecule has 5 nitrogen and oxygen atoms in total. The summed E-state index contributed by atoms with van der Waals surface area (Å²) in [4.78, 5) is 0.265. The van der Waals surface area contributed by atoms with Gasteiger partial charge in [-0.15, -0.1) is 0 Å². The molecule has 1 aliphatic heterocycles. The van der Waals surface area contributed by atoms with Crippen molar-refractivity contribution in [3.05, 3.63) is 53.6 Å². The van der Waals surface area contributed by atoms with Crippen LogP contribution in [-0.4, -0.2) is 21.6 Å². The fourth-order valence-electron chi connectivity index (χ4n) is 2.73. The van der Waals surface area contributed by atoms with Gasteiger partial charge < -0.3 is 9.47 Å². The molecule has 1 N–H and O–H groups in total. The first-order valence-electron chi connectivity index (χ1n) is 8.38. The molecule has 25 heavy (non-hydrogen) atoms. The van der Waals surface area contributed by atoms with Gasteiger partial charge in [-0.2, -0.15) is 0 Å². The maximum absolute atomic E-state index is 12.6. The van der Waals surface area contributed by atoms with Gasteiger partial charge in [0.05, 0.1) is 4.90 Å². The topological polar surface area (TPSA) is 64.6 Å². The normalized spacial score (nSPS) is 15.2. The van der Waals surface area contributed by atoms with Crippen molar-refractivity contribution in [2.45, 2.75) is 37.6 Å². The molecule has 0 bridgehead atoms. The minimum absolute atomic E-state index is 0.265. The lowest BCUT2D eigenvalue weighted by Crippen LogP contribution is -2.27. The van der Waals surface area contributed by atoms with Gasteiger partial charge in [0.25, 0.3) is 0 Å². The molecule has 0 saturated carbocycles. The zero-order chi connectivity index (χ0) is 18.0. The fourth-order valence-corrected chi connectivity index (χ4v) is 3.96. The van der Waals surface area contributed by atoms with Gasteiger partial charge in [0, 0.05) is 6.04 Å². The molecule has 2 aromatic rings. The summed E-state index contributed by atoms with van der Waals surface area (Å²) in [6, 6.07) is 12.1. The highest BCUT2D eigenvalue weighted by atomic mass is 32.2. The lowest BCUT2D eigenvalue weighted by atomic mass is 10.0. The standard InChI is InChI=1S/C19H23NO4S/c1-13(2)15-4-7-17(8-5-15)25(21,22)20-14(3)16-6-9-18-19(12-16)24-11-10-23-18/h4-9,12-14,20H,10-11H2,1-3H3. The second-order valence-electron chi connectivity index (χ2n) is 6.47. The van der Waals surface area contributed by atoms with E-state index < -0.39 is 10.0 Å². The van der Waals surface area contributed by atoms with Crippen molar-refractivity contribution in [1.82, 2.24) is 4.72 Å². The van der Waals surface area contributed by atoms with Gasteiger partial charge in [-0.25, -0.2) is 13.1 Å². The van der Waals surface area contributed by atoms with E-state index in [0.29, 0.717) is 30.6 Å². The largest absolute Gasteiger partial charge is 0.486 e. The van der Waals surface area contributed by atoms with Crippen LogP contribution in [0.15, 0.2) is 47.4 Å². The molecule has 0 aliphatic carbocycles. The number of rotatable bonds is 5. The Morgan fingerprint density at radius 1 is 0.880 bits per heavy atom. The van der Waals surface area contributed by atoms with Crippen LogP contribution in [0.1, 0.15) is 43.9 Å². The highest BCUT2D eigenvalue weighted by Gasteiger charge is 2.20. The Bertz CT molecular complexity index is 844. The Balaban J connectivity index is 1.78. The Labute approximate surface area is 149 Å². The molecular weight excluding hydrogens is 338 g/mol. The molecule has 2 aromatic carbocycles. The predicted octanol–water partition coefficient (Wildman–Crippen LogP) is 3.62. The van der Waals surface area contributed by atoms with Crippen molar-refractivity contribution < 1.29 is 17.9 Å². The number of hydrogen-bond donors (Lipinski definition) is 1. The van der Waals surface area contributed by atoms with E-state index >= 15 is 0 Å². The van der Waals surface area contributed by atoms with E-state index in [1.165, 1.54) is 0 Å². The third-order valence-electron chi connectivity index (χ3n) is 4.26. The van der Waals surface area contributed by atoms with E-state index in [4.69, 9.17) is 9.47 Å². The Morgan fingerprint density at radius 3 is 2.12 bits per heavy atom. The van der Waals surface area contributed by atoms with Gasteiger partial charge in [-0.05, 0) is 48.2 Å². The molecule has 0 amide bonds. The van der Waals surface area contributed by atoms with Crippen LogP contribution in [0.25, 0.3) is 0 Å². The SMILES string of the molecule is CC(C)c1ccc(S(=O)(=O)NC(C)c2ccc3c(c2)OCCO3)cc1. The Morgan fingerprint density at radius 2 is 1.48 bits per heavy atom. The van der Waals surface area contributed by atoms with Crippen LogP contribution < -0.4 is 14.2 Å². The average molecular weight is 361 g/mol. The maximum Gasteiger partial charge on any atom is 0.241 e. The van der Waals surface area contributed by atoms with Gasteiger partial charge in [-0.3, -0.25) is 0 Å². The number of fused-ring (bicyclic) bond motifs is 1. The van der Waals surface area contributed by atoms with E-state index in [2.05, 4.69) is 18.6 Å². The first-order chi connectivity index (χ1) is 11.9. The van der Waals surface area contributed by atoms with E-state index in [0.717, 1.165) is 11.1 Å². The highest BCUT2D eigenvalue weighted by Crippen LogP contribution is 2.33. The van der Waals surface area contributed by atoms with Crippen LogP contribution in [-0.2, 0) is 10.0 Å².